The summed E-state index contributed by atoms with van der Waals surface area (Å²) in [4.78, 5) is 10.6. The molecule has 0 saturated heterocycles. The molecule has 0 aliphatic heterocycles. The number of halogens is 1. The average molecular weight is 268 g/mol. The summed E-state index contributed by atoms with van der Waals surface area (Å²) in [6.45, 7) is 6.53. The maximum absolute atomic E-state index is 13.2. The van der Waals surface area contributed by atoms with Gasteiger partial charge < -0.3 is 16.2 Å². The standard InChI is InChI=1S/C14H21FN2O2/c1-9-6-10(4-5-11(9)15)14(2,3)8-17-7-12(16)13(18)19/h4-6,12,17H,7-8,16H2,1-3H3,(H,18,19). The molecule has 5 heteroatoms. The molecule has 4 N–H and O–H groups in total. The highest BCUT2D eigenvalue weighted by molar-refractivity contribution is 5.73. The fourth-order valence-electron chi connectivity index (χ4n) is 1.80. The lowest BCUT2D eigenvalue weighted by molar-refractivity contribution is -0.138. The second-order valence-electron chi connectivity index (χ2n) is 5.42. The first-order valence-corrected chi connectivity index (χ1v) is 6.20. The van der Waals surface area contributed by atoms with Gasteiger partial charge in [-0.15, -0.1) is 0 Å². The zero-order valence-corrected chi connectivity index (χ0v) is 11.5. The van der Waals surface area contributed by atoms with Crippen molar-refractivity contribution in [2.45, 2.75) is 32.2 Å². The highest BCUT2D eigenvalue weighted by Crippen LogP contribution is 2.24. The van der Waals surface area contributed by atoms with Gasteiger partial charge in [0.25, 0.3) is 0 Å². The molecule has 0 saturated carbocycles. The summed E-state index contributed by atoms with van der Waals surface area (Å²) >= 11 is 0. The summed E-state index contributed by atoms with van der Waals surface area (Å²) in [5.41, 5.74) is 6.80. The molecular formula is C14H21FN2O2. The van der Waals surface area contributed by atoms with E-state index in [4.69, 9.17) is 10.8 Å². The maximum Gasteiger partial charge on any atom is 0.321 e. The summed E-state index contributed by atoms with van der Waals surface area (Å²) in [5.74, 6) is -1.25. The molecule has 0 bridgehead atoms. The van der Waals surface area contributed by atoms with Crippen LogP contribution in [0, 0.1) is 12.7 Å². The Morgan fingerprint density at radius 3 is 2.68 bits per heavy atom. The Morgan fingerprint density at radius 2 is 2.16 bits per heavy atom. The van der Waals surface area contributed by atoms with Gasteiger partial charge in [-0.25, -0.2) is 4.39 Å². The minimum atomic E-state index is -1.03. The van der Waals surface area contributed by atoms with Crippen LogP contribution in [0.2, 0.25) is 0 Å². The van der Waals surface area contributed by atoms with E-state index >= 15 is 0 Å². The Kier molecular flexibility index (Phi) is 5.03. The molecule has 0 aliphatic rings. The van der Waals surface area contributed by atoms with E-state index in [1.54, 1.807) is 13.0 Å². The van der Waals surface area contributed by atoms with Crippen LogP contribution in [0.1, 0.15) is 25.0 Å². The van der Waals surface area contributed by atoms with Crippen molar-refractivity contribution in [2.75, 3.05) is 13.1 Å². The lowest BCUT2D eigenvalue weighted by Gasteiger charge is -2.26. The average Bonchev–Trinajstić information content (AvgIpc) is 2.32. The van der Waals surface area contributed by atoms with Gasteiger partial charge in [0.1, 0.15) is 11.9 Å². The third kappa shape index (κ3) is 4.29. The Morgan fingerprint density at radius 1 is 1.53 bits per heavy atom. The van der Waals surface area contributed by atoms with Crippen molar-refractivity contribution in [2.24, 2.45) is 5.73 Å². The highest BCUT2D eigenvalue weighted by atomic mass is 19.1. The molecule has 0 radical (unpaired) electrons. The summed E-state index contributed by atoms with van der Waals surface area (Å²) in [5, 5.41) is 11.7. The quantitative estimate of drug-likeness (QED) is 0.729. The van der Waals surface area contributed by atoms with E-state index in [-0.39, 0.29) is 17.8 Å². The van der Waals surface area contributed by atoms with Gasteiger partial charge in [0.15, 0.2) is 0 Å². The highest BCUT2D eigenvalue weighted by Gasteiger charge is 2.22. The number of nitrogens with one attached hydrogen (secondary N) is 1. The minimum absolute atomic E-state index is 0.207. The molecule has 19 heavy (non-hydrogen) atoms. The molecule has 0 aromatic heterocycles. The van der Waals surface area contributed by atoms with E-state index in [0.717, 1.165) is 5.56 Å². The van der Waals surface area contributed by atoms with Crippen LogP contribution in [-0.2, 0) is 10.2 Å². The van der Waals surface area contributed by atoms with E-state index < -0.39 is 12.0 Å². The number of hydrogen-bond acceptors (Lipinski definition) is 3. The van der Waals surface area contributed by atoms with E-state index in [9.17, 15) is 9.18 Å². The van der Waals surface area contributed by atoms with Crippen LogP contribution in [0.25, 0.3) is 0 Å². The number of hydrogen-bond donors (Lipinski definition) is 3. The molecule has 1 aromatic rings. The molecule has 1 atom stereocenters. The Hall–Kier alpha value is -1.46. The molecular weight excluding hydrogens is 247 g/mol. The van der Waals surface area contributed by atoms with Crippen molar-refractivity contribution in [1.82, 2.24) is 5.32 Å². The summed E-state index contributed by atoms with van der Waals surface area (Å²) < 4.78 is 13.2. The van der Waals surface area contributed by atoms with Crippen molar-refractivity contribution in [1.29, 1.82) is 0 Å². The van der Waals surface area contributed by atoms with Gasteiger partial charge in [-0.1, -0.05) is 26.0 Å². The maximum atomic E-state index is 13.2. The summed E-state index contributed by atoms with van der Waals surface area (Å²) in [6, 6.07) is 4.11. The van der Waals surface area contributed by atoms with Crippen LogP contribution in [-0.4, -0.2) is 30.2 Å². The van der Waals surface area contributed by atoms with Crippen LogP contribution in [0.15, 0.2) is 18.2 Å². The van der Waals surface area contributed by atoms with Gasteiger partial charge in [-0.2, -0.15) is 0 Å². The number of nitrogens with two attached hydrogens (primary N) is 1. The number of carbonyl (C=O) groups is 1. The van der Waals surface area contributed by atoms with Crippen molar-refractivity contribution in [3.05, 3.63) is 35.1 Å². The molecule has 0 amide bonds. The fourth-order valence-corrected chi connectivity index (χ4v) is 1.80. The van der Waals surface area contributed by atoms with Crippen LogP contribution in [0.3, 0.4) is 0 Å². The number of carboxylic acid groups (broad SMARTS) is 1. The zero-order valence-electron chi connectivity index (χ0n) is 11.5. The molecule has 0 heterocycles. The van der Waals surface area contributed by atoms with E-state index in [1.807, 2.05) is 19.9 Å². The van der Waals surface area contributed by atoms with Crippen molar-refractivity contribution in [3.63, 3.8) is 0 Å². The van der Waals surface area contributed by atoms with Gasteiger partial charge in [0.05, 0.1) is 0 Å². The minimum Gasteiger partial charge on any atom is -0.480 e. The topological polar surface area (TPSA) is 75.3 Å². The second kappa shape index (κ2) is 6.12. The number of carboxylic acids is 1. The van der Waals surface area contributed by atoms with Gasteiger partial charge in [0.2, 0.25) is 0 Å². The van der Waals surface area contributed by atoms with E-state index in [1.165, 1.54) is 6.07 Å². The third-order valence-electron chi connectivity index (χ3n) is 3.19. The monoisotopic (exact) mass is 268 g/mol. The molecule has 106 valence electrons. The molecule has 1 rings (SSSR count). The van der Waals surface area contributed by atoms with Gasteiger partial charge >= 0.3 is 5.97 Å². The predicted molar refractivity (Wildman–Crippen MR) is 72.6 cm³/mol. The number of rotatable bonds is 6. The first-order valence-electron chi connectivity index (χ1n) is 6.20. The van der Waals surface area contributed by atoms with E-state index in [0.29, 0.717) is 12.1 Å². The molecule has 0 aliphatic carbocycles. The second-order valence-corrected chi connectivity index (χ2v) is 5.42. The normalized spacial score (nSPS) is 13.3. The summed E-state index contributed by atoms with van der Waals surface area (Å²) in [7, 11) is 0. The first-order chi connectivity index (χ1) is 8.74. The van der Waals surface area contributed by atoms with Crippen molar-refractivity contribution < 1.29 is 14.3 Å². The van der Waals surface area contributed by atoms with Crippen LogP contribution < -0.4 is 11.1 Å². The Bertz CT molecular complexity index is 461. The molecule has 4 nitrogen and oxygen atoms in total. The molecule has 1 unspecified atom stereocenters. The lowest BCUT2D eigenvalue weighted by Crippen LogP contribution is -2.44. The lowest BCUT2D eigenvalue weighted by atomic mass is 9.84. The molecule has 0 spiro atoms. The fraction of sp³-hybridized carbons (Fsp3) is 0.500. The number of benzene rings is 1. The smallest absolute Gasteiger partial charge is 0.321 e. The Balaban J connectivity index is 2.65. The van der Waals surface area contributed by atoms with Crippen molar-refractivity contribution in [3.8, 4) is 0 Å². The number of aryl methyl sites for hydroxylation is 1. The van der Waals surface area contributed by atoms with Crippen LogP contribution in [0.5, 0.6) is 0 Å². The van der Waals surface area contributed by atoms with Gasteiger partial charge in [-0.05, 0) is 24.1 Å². The van der Waals surface area contributed by atoms with Crippen LogP contribution >= 0.6 is 0 Å². The largest absolute Gasteiger partial charge is 0.480 e. The molecule has 0 fully saturated rings. The zero-order chi connectivity index (χ0) is 14.6. The van der Waals surface area contributed by atoms with Crippen LogP contribution in [0.4, 0.5) is 4.39 Å². The predicted octanol–water partition coefficient (Wildman–Crippen LogP) is 1.41. The number of aliphatic carboxylic acids is 1. The molecule has 1 aromatic carbocycles. The first kappa shape index (κ1) is 15.6. The SMILES string of the molecule is Cc1cc(C(C)(C)CNCC(N)C(=O)O)ccc1F. The van der Waals surface area contributed by atoms with Crippen molar-refractivity contribution >= 4 is 5.97 Å². The van der Waals surface area contributed by atoms with Gasteiger partial charge in [0, 0.05) is 18.5 Å². The van der Waals surface area contributed by atoms with E-state index in [2.05, 4.69) is 5.32 Å². The van der Waals surface area contributed by atoms with Gasteiger partial charge in [-0.3, -0.25) is 4.79 Å². The Labute approximate surface area is 112 Å². The summed E-state index contributed by atoms with van der Waals surface area (Å²) in [6.07, 6.45) is 0. The third-order valence-corrected chi connectivity index (χ3v) is 3.19.